The molecule has 0 saturated heterocycles. The molecule has 8 heteroatoms. The lowest BCUT2D eigenvalue weighted by molar-refractivity contribution is -0.131. The largest absolute Gasteiger partial charge is 0.478 e. The van der Waals surface area contributed by atoms with Crippen LogP contribution in [0.2, 0.25) is 0 Å². The summed E-state index contributed by atoms with van der Waals surface area (Å²) in [7, 11) is -2.23. The van der Waals surface area contributed by atoms with Crippen LogP contribution in [0.4, 0.5) is 0 Å². The highest BCUT2D eigenvalue weighted by Gasteiger charge is 2.18. The van der Waals surface area contributed by atoms with Gasteiger partial charge >= 0.3 is 11.9 Å². The molecule has 0 atom stereocenters. The van der Waals surface area contributed by atoms with Crippen molar-refractivity contribution in [2.24, 2.45) is 0 Å². The molecule has 7 nitrogen and oxygen atoms in total. The third-order valence-corrected chi connectivity index (χ3v) is 4.13. The first-order valence-corrected chi connectivity index (χ1v) is 7.98. The summed E-state index contributed by atoms with van der Waals surface area (Å²) in [6.07, 6.45) is 3.15. The van der Waals surface area contributed by atoms with Gasteiger partial charge in [0.15, 0.2) is 9.84 Å². The van der Waals surface area contributed by atoms with Crippen molar-refractivity contribution in [3.8, 4) is 0 Å². The number of hydrogen-bond acceptors (Lipinski definition) is 5. The second kappa shape index (κ2) is 5.64. The van der Waals surface area contributed by atoms with Crippen molar-refractivity contribution < 1.29 is 27.9 Å². The first-order valence-electron chi connectivity index (χ1n) is 6.09. The minimum absolute atomic E-state index is 0.0562. The molecular weight excluding hydrogens is 310 g/mol. The Labute approximate surface area is 126 Å². The molecule has 0 aliphatic carbocycles. The van der Waals surface area contributed by atoms with E-state index in [2.05, 4.69) is 9.72 Å². The number of aromatic amines is 1. The average molecular weight is 323 g/mol. The van der Waals surface area contributed by atoms with Gasteiger partial charge in [-0.15, -0.1) is 0 Å². The standard InChI is InChI=1S/C14H13NO6S/c1-21-14(18)13-9(4-6-12(16)17)10-7-8(22(2,19)20)3-5-11(10)15-13/h3-7,15H,1-2H3,(H,16,17). The Morgan fingerprint density at radius 3 is 2.55 bits per heavy atom. The van der Waals surface area contributed by atoms with E-state index in [1.807, 2.05) is 0 Å². The molecule has 0 aliphatic heterocycles. The van der Waals surface area contributed by atoms with Crippen molar-refractivity contribution in [2.75, 3.05) is 13.4 Å². The van der Waals surface area contributed by atoms with Crippen molar-refractivity contribution in [1.82, 2.24) is 4.98 Å². The molecule has 0 bridgehead atoms. The van der Waals surface area contributed by atoms with E-state index in [0.717, 1.165) is 12.3 Å². The number of methoxy groups -OCH3 is 1. The Bertz CT molecular complexity index is 891. The molecule has 0 saturated carbocycles. The zero-order valence-corrected chi connectivity index (χ0v) is 12.6. The van der Waals surface area contributed by atoms with Crippen molar-refractivity contribution in [1.29, 1.82) is 0 Å². The number of rotatable bonds is 4. The third-order valence-electron chi connectivity index (χ3n) is 3.02. The first-order chi connectivity index (χ1) is 10.2. The van der Waals surface area contributed by atoms with E-state index in [4.69, 9.17) is 5.11 Å². The number of nitrogens with one attached hydrogen (secondary N) is 1. The van der Waals surface area contributed by atoms with E-state index in [-0.39, 0.29) is 16.2 Å². The number of H-pyrrole nitrogens is 1. The van der Waals surface area contributed by atoms with Crippen LogP contribution in [0.3, 0.4) is 0 Å². The molecule has 2 aromatic rings. The molecule has 0 spiro atoms. The van der Waals surface area contributed by atoms with E-state index in [9.17, 15) is 18.0 Å². The van der Waals surface area contributed by atoms with Gasteiger partial charge in [0.25, 0.3) is 0 Å². The van der Waals surface area contributed by atoms with Gasteiger partial charge in [-0.3, -0.25) is 0 Å². The number of sulfone groups is 1. The van der Waals surface area contributed by atoms with Crippen LogP contribution in [-0.4, -0.2) is 43.8 Å². The number of aromatic nitrogens is 1. The molecule has 0 unspecified atom stereocenters. The monoisotopic (exact) mass is 323 g/mol. The van der Waals surface area contributed by atoms with Gasteiger partial charge in [0.1, 0.15) is 5.69 Å². The summed E-state index contributed by atoms with van der Waals surface area (Å²) >= 11 is 0. The van der Waals surface area contributed by atoms with Crippen molar-refractivity contribution >= 4 is 38.8 Å². The average Bonchev–Trinajstić information content (AvgIpc) is 2.80. The van der Waals surface area contributed by atoms with Gasteiger partial charge in [0.05, 0.1) is 12.0 Å². The lowest BCUT2D eigenvalue weighted by Crippen LogP contribution is -2.03. The second-order valence-corrected chi connectivity index (χ2v) is 6.57. The van der Waals surface area contributed by atoms with Crippen LogP contribution in [0.15, 0.2) is 29.2 Å². The predicted molar refractivity (Wildman–Crippen MR) is 79.4 cm³/mol. The highest BCUT2D eigenvalue weighted by molar-refractivity contribution is 7.90. The maximum Gasteiger partial charge on any atom is 0.355 e. The smallest absolute Gasteiger partial charge is 0.355 e. The van der Waals surface area contributed by atoms with E-state index in [1.165, 1.54) is 31.4 Å². The topological polar surface area (TPSA) is 114 Å². The summed E-state index contributed by atoms with van der Waals surface area (Å²) in [5.41, 5.74) is 0.813. The second-order valence-electron chi connectivity index (χ2n) is 4.56. The van der Waals surface area contributed by atoms with Crippen molar-refractivity contribution in [2.45, 2.75) is 4.90 Å². The van der Waals surface area contributed by atoms with Crippen LogP contribution >= 0.6 is 0 Å². The minimum atomic E-state index is -3.43. The van der Waals surface area contributed by atoms with Crippen molar-refractivity contribution in [3.05, 3.63) is 35.5 Å². The third kappa shape index (κ3) is 3.01. The molecule has 2 rings (SSSR count). The molecular formula is C14H13NO6S. The summed E-state index contributed by atoms with van der Waals surface area (Å²) < 4.78 is 27.9. The molecule has 22 heavy (non-hydrogen) atoms. The Kier molecular flexibility index (Phi) is 4.05. The molecule has 116 valence electrons. The van der Waals surface area contributed by atoms with Gasteiger partial charge in [0.2, 0.25) is 0 Å². The normalized spacial score (nSPS) is 11.9. The van der Waals surface area contributed by atoms with Gasteiger partial charge in [-0.25, -0.2) is 18.0 Å². The van der Waals surface area contributed by atoms with Crippen LogP contribution in [0.1, 0.15) is 16.1 Å². The molecule has 0 amide bonds. The van der Waals surface area contributed by atoms with Crippen LogP contribution < -0.4 is 0 Å². The van der Waals surface area contributed by atoms with Gasteiger partial charge in [-0.2, -0.15) is 0 Å². The van der Waals surface area contributed by atoms with Gasteiger partial charge in [0, 0.05) is 28.8 Å². The fourth-order valence-corrected chi connectivity index (χ4v) is 2.66. The SMILES string of the molecule is COC(=O)c1[nH]c2ccc(S(C)(=O)=O)cc2c1C=CC(=O)O. The number of carbonyl (C=O) groups is 2. The number of carboxylic acids is 1. The first kappa shape index (κ1) is 15.8. The Hall–Kier alpha value is -2.61. The number of carboxylic acid groups (broad SMARTS) is 1. The fraction of sp³-hybridized carbons (Fsp3) is 0.143. The molecule has 1 aromatic carbocycles. The Balaban J connectivity index is 2.78. The minimum Gasteiger partial charge on any atom is -0.478 e. The fourth-order valence-electron chi connectivity index (χ4n) is 2.01. The lowest BCUT2D eigenvalue weighted by Gasteiger charge is -2.00. The number of fused-ring (bicyclic) bond motifs is 1. The summed E-state index contributed by atoms with van der Waals surface area (Å²) in [6.45, 7) is 0. The Morgan fingerprint density at radius 2 is 2.00 bits per heavy atom. The zero-order chi connectivity index (χ0) is 16.5. The van der Waals surface area contributed by atoms with E-state index in [1.54, 1.807) is 0 Å². The van der Waals surface area contributed by atoms with E-state index in [0.29, 0.717) is 10.9 Å². The van der Waals surface area contributed by atoms with E-state index < -0.39 is 21.8 Å². The number of ether oxygens (including phenoxy) is 1. The molecule has 0 aliphatic rings. The number of aliphatic carboxylic acids is 1. The van der Waals surface area contributed by atoms with E-state index >= 15 is 0 Å². The molecule has 2 N–H and O–H groups in total. The van der Waals surface area contributed by atoms with Crippen molar-refractivity contribution in [3.63, 3.8) is 0 Å². The predicted octanol–water partition coefficient (Wildman–Crippen LogP) is 1.46. The van der Waals surface area contributed by atoms with Crippen LogP contribution in [0, 0.1) is 0 Å². The summed E-state index contributed by atoms with van der Waals surface area (Å²) in [5.74, 6) is -1.87. The summed E-state index contributed by atoms with van der Waals surface area (Å²) in [5, 5.41) is 9.16. The lowest BCUT2D eigenvalue weighted by atomic mass is 10.1. The number of carbonyl (C=O) groups excluding carboxylic acids is 1. The van der Waals surface area contributed by atoms with Crippen LogP contribution in [0.25, 0.3) is 17.0 Å². The maximum atomic E-state index is 11.8. The van der Waals surface area contributed by atoms with Crippen LogP contribution in [0.5, 0.6) is 0 Å². The maximum absolute atomic E-state index is 11.8. The molecule has 1 heterocycles. The van der Waals surface area contributed by atoms with Crippen LogP contribution in [-0.2, 0) is 19.4 Å². The van der Waals surface area contributed by atoms with Gasteiger partial charge in [-0.1, -0.05) is 0 Å². The van der Waals surface area contributed by atoms with Gasteiger partial charge in [-0.05, 0) is 24.3 Å². The molecule has 0 fully saturated rings. The molecule has 0 radical (unpaired) electrons. The zero-order valence-electron chi connectivity index (χ0n) is 11.8. The number of hydrogen-bond donors (Lipinski definition) is 2. The highest BCUT2D eigenvalue weighted by Crippen LogP contribution is 2.27. The summed E-state index contributed by atoms with van der Waals surface area (Å²) in [4.78, 5) is 25.3. The number of benzene rings is 1. The number of esters is 1. The Morgan fingerprint density at radius 1 is 1.32 bits per heavy atom. The molecule has 1 aromatic heterocycles. The quantitative estimate of drug-likeness (QED) is 0.650. The summed E-state index contributed by atoms with van der Waals surface area (Å²) in [6, 6.07) is 4.30. The van der Waals surface area contributed by atoms with Gasteiger partial charge < -0.3 is 14.8 Å². The highest BCUT2D eigenvalue weighted by atomic mass is 32.2.